The predicted octanol–water partition coefficient (Wildman–Crippen LogP) is 0.550. The first-order chi connectivity index (χ1) is 14.9. The largest absolute Gasteiger partial charge is 0.483 e. The van der Waals surface area contributed by atoms with Crippen LogP contribution in [-0.4, -0.2) is 84.6 Å². The van der Waals surface area contributed by atoms with Crippen LogP contribution in [0.3, 0.4) is 0 Å². The fourth-order valence-corrected chi connectivity index (χ4v) is 4.00. The number of piperidine rings is 1. The zero-order chi connectivity index (χ0) is 22.9. The summed E-state index contributed by atoms with van der Waals surface area (Å²) in [4.78, 5) is 34.3. The highest BCUT2D eigenvalue weighted by molar-refractivity contribution is 5.85. The highest BCUT2D eigenvalue weighted by Crippen LogP contribution is 2.33. The molecule has 4 rings (SSSR count). The summed E-state index contributed by atoms with van der Waals surface area (Å²) in [5, 5.41) is 22.6. The second kappa shape index (κ2) is 11.3. The van der Waals surface area contributed by atoms with Crippen LogP contribution >= 0.6 is 0 Å². The number of carboxylic acid groups (broad SMARTS) is 2. The van der Waals surface area contributed by atoms with Crippen LogP contribution in [0.1, 0.15) is 30.7 Å². The third kappa shape index (κ3) is 5.69. The first-order valence-electron chi connectivity index (χ1n) is 10.1. The number of rotatable bonds is 4. The van der Waals surface area contributed by atoms with Crippen molar-refractivity contribution in [3.05, 3.63) is 35.9 Å². The van der Waals surface area contributed by atoms with Gasteiger partial charge in [-0.25, -0.2) is 0 Å². The minimum atomic E-state index is -0.511. The maximum Gasteiger partial charge on any atom is 0.290 e. The lowest BCUT2D eigenvalue weighted by atomic mass is 9.85. The normalized spacial score (nSPS) is 17.3. The van der Waals surface area contributed by atoms with E-state index in [2.05, 4.69) is 21.2 Å². The smallest absolute Gasteiger partial charge is 0.290 e. The Morgan fingerprint density at radius 2 is 1.77 bits per heavy atom. The van der Waals surface area contributed by atoms with E-state index in [1.54, 1.807) is 6.20 Å². The van der Waals surface area contributed by atoms with Gasteiger partial charge in [-0.15, -0.1) is 0 Å². The van der Waals surface area contributed by atoms with Crippen LogP contribution in [0.5, 0.6) is 0 Å². The molecular formula is C20H30N6O5. The van der Waals surface area contributed by atoms with Gasteiger partial charge in [-0.05, 0) is 38.3 Å². The molecule has 0 radical (unpaired) electrons. The Hall–Kier alpha value is -3.21. The van der Waals surface area contributed by atoms with Gasteiger partial charge in [0.1, 0.15) is 5.54 Å². The molecule has 0 atom stereocenters. The molecule has 11 heteroatoms. The second-order valence-corrected chi connectivity index (χ2v) is 7.52. The molecule has 2 aliphatic rings. The van der Waals surface area contributed by atoms with Gasteiger partial charge >= 0.3 is 0 Å². The molecule has 170 valence electrons. The summed E-state index contributed by atoms with van der Waals surface area (Å²) in [6.45, 7) is 5.96. The summed E-state index contributed by atoms with van der Waals surface area (Å²) in [5.74, 6) is 0.249. The highest BCUT2D eigenvalue weighted by atomic mass is 16.3. The molecule has 0 aromatic carbocycles. The van der Waals surface area contributed by atoms with Crippen LogP contribution in [0.15, 0.2) is 24.5 Å². The van der Waals surface area contributed by atoms with Crippen LogP contribution in [0.4, 0.5) is 0 Å². The number of aryl methyl sites for hydroxylation is 2. The molecule has 2 aromatic rings. The third-order valence-corrected chi connectivity index (χ3v) is 5.65. The van der Waals surface area contributed by atoms with E-state index in [9.17, 15) is 4.79 Å². The number of likely N-dealkylation sites (tertiary alicyclic amines) is 2. The lowest BCUT2D eigenvalue weighted by Crippen LogP contribution is -2.59. The number of hydrogen-bond donors (Lipinski definition) is 2. The van der Waals surface area contributed by atoms with Crippen LogP contribution < -0.4 is 0 Å². The quantitative estimate of drug-likeness (QED) is 0.667. The van der Waals surface area contributed by atoms with Crippen molar-refractivity contribution in [1.82, 2.24) is 29.4 Å². The van der Waals surface area contributed by atoms with Gasteiger partial charge in [-0.2, -0.15) is 10.2 Å². The van der Waals surface area contributed by atoms with E-state index >= 15 is 0 Å². The van der Waals surface area contributed by atoms with Crippen LogP contribution in [0.25, 0.3) is 0 Å². The number of amides is 1. The Bertz CT molecular complexity index is 832. The van der Waals surface area contributed by atoms with Gasteiger partial charge in [0.05, 0.1) is 11.4 Å². The Morgan fingerprint density at radius 1 is 1.16 bits per heavy atom. The van der Waals surface area contributed by atoms with Crippen LogP contribution in [0.2, 0.25) is 0 Å². The average molecular weight is 434 g/mol. The molecule has 2 saturated heterocycles. The third-order valence-electron chi connectivity index (χ3n) is 5.65. The van der Waals surface area contributed by atoms with E-state index in [4.69, 9.17) is 19.8 Å². The molecule has 11 nitrogen and oxygen atoms in total. The van der Waals surface area contributed by atoms with Crippen molar-refractivity contribution in [3.63, 3.8) is 0 Å². The van der Waals surface area contributed by atoms with E-state index in [-0.39, 0.29) is 18.9 Å². The van der Waals surface area contributed by atoms with E-state index in [0.29, 0.717) is 0 Å². The van der Waals surface area contributed by atoms with Crippen molar-refractivity contribution in [2.45, 2.75) is 38.3 Å². The van der Waals surface area contributed by atoms with E-state index in [1.807, 2.05) is 40.5 Å². The molecule has 0 saturated carbocycles. The number of hydrogen-bond acceptors (Lipinski definition) is 6. The summed E-state index contributed by atoms with van der Waals surface area (Å²) in [5.41, 5.74) is 1.76. The number of carbonyl (C=O) groups is 3. The van der Waals surface area contributed by atoms with Crippen molar-refractivity contribution < 1.29 is 24.6 Å². The minimum absolute atomic E-state index is 0.249. The van der Waals surface area contributed by atoms with Gasteiger partial charge in [-0.3, -0.25) is 28.6 Å². The molecule has 2 aromatic heterocycles. The molecule has 4 heterocycles. The summed E-state index contributed by atoms with van der Waals surface area (Å²) in [6, 6.07) is 4.05. The molecule has 0 aliphatic carbocycles. The van der Waals surface area contributed by atoms with Crippen molar-refractivity contribution in [3.8, 4) is 0 Å². The Kier molecular flexibility index (Phi) is 8.74. The standard InChI is InChI=1S/C18H26N6O.2CH2O2/c1-15-13-16(21(2)20-15)14-22-11-5-18(6-12-22,24-10-3-7-19-24)17(25)23-8-4-9-23;2*2-1-3/h3,7,10,13H,4-6,8-9,11-12,14H2,1-2H3;2*1H,(H,2,3). The second-order valence-electron chi connectivity index (χ2n) is 7.52. The molecular weight excluding hydrogens is 404 g/mol. The van der Waals surface area contributed by atoms with Crippen LogP contribution in [-0.2, 0) is 33.5 Å². The predicted molar refractivity (Wildman–Crippen MR) is 111 cm³/mol. The first kappa shape index (κ1) is 24.1. The van der Waals surface area contributed by atoms with Gasteiger partial charge in [0.15, 0.2) is 0 Å². The lowest BCUT2D eigenvalue weighted by molar-refractivity contribution is -0.148. The van der Waals surface area contributed by atoms with Crippen molar-refractivity contribution in [2.75, 3.05) is 26.2 Å². The van der Waals surface area contributed by atoms with E-state index in [0.717, 1.165) is 57.7 Å². The topological polar surface area (TPSA) is 134 Å². The number of carbonyl (C=O) groups excluding carboxylic acids is 1. The van der Waals surface area contributed by atoms with Gasteiger partial charge < -0.3 is 15.1 Å². The average Bonchev–Trinajstić information content (AvgIpc) is 3.33. The number of nitrogens with zero attached hydrogens (tertiary/aromatic N) is 6. The Morgan fingerprint density at radius 3 is 2.19 bits per heavy atom. The summed E-state index contributed by atoms with van der Waals surface area (Å²) >= 11 is 0. The van der Waals surface area contributed by atoms with Gasteiger partial charge in [0, 0.05) is 52.2 Å². The molecule has 0 spiro atoms. The summed E-state index contributed by atoms with van der Waals surface area (Å²) in [6.07, 6.45) is 6.45. The van der Waals surface area contributed by atoms with Gasteiger partial charge in [0.25, 0.3) is 18.9 Å². The van der Waals surface area contributed by atoms with Crippen molar-refractivity contribution in [2.24, 2.45) is 7.05 Å². The maximum atomic E-state index is 13.2. The van der Waals surface area contributed by atoms with Crippen LogP contribution in [0, 0.1) is 6.92 Å². The fourth-order valence-electron chi connectivity index (χ4n) is 4.00. The molecule has 0 unspecified atom stereocenters. The fraction of sp³-hybridized carbons (Fsp3) is 0.550. The minimum Gasteiger partial charge on any atom is -0.483 e. The molecule has 0 bridgehead atoms. The SMILES string of the molecule is Cc1cc(CN2CCC(C(=O)N3CCC3)(n3cccn3)CC2)n(C)n1.O=CO.O=CO. The zero-order valence-electron chi connectivity index (χ0n) is 17.9. The molecule has 31 heavy (non-hydrogen) atoms. The molecule has 2 fully saturated rings. The zero-order valence-corrected chi connectivity index (χ0v) is 17.9. The van der Waals surface area contributed by atoms with E-state index in [1.165, 1.54) is 5.69 Å². The maximum absolute atomic E-state index is 13.2. The number of aromatic nitrogens is 4. The Balaban J connectivity index is 0.000000513. The molecule has 2 aliphatic heterocycles. The van der Waals surface area contributed by atoms with Gasteiger partial charge in [0.2, 0.25) is 0 Å². The van der Waals surface area contributed by atoms with Crippen molar-refractivity contribution in [1.29, 1.82) is 0 Å². The Labute approximate surface area is 180 Å². The van der Waals surface area contributed by atoms with Gasteiger partial charge in [-0.1, -0.05) is 0 Å². The first-order valence-corrected chi connectivity index (χ1v) is 10.1. The monoisotopic (exact) mass is 434 g/mol. The van der Waals surface area contributed by atoms with E-state index < -0.39 is 5.54 Å². The molecule has 2 N–H and O–H groups in total. The lowest BCUT2D eigenvalue weighted by Gasteiger charge is -2.45. The summed E-state index contributed by atoms with van der Waals surface area (Å²) < 4.78 is 3.86. The summed E-state index contributed by atoms with van der Waals surface area (Å²) in [7, 11) is 1.99. The highest BCUT2D eigenvalue weighted by Gasteiger charge is 2.46. The van der Waals surface area contributed by atoms with Crippen molar-refractivity contribution >= 4 is 18.9 Å². The molecule has 1 amide bonds.